The Hall–Kier alpha value is -1.37. The summed E-state index contributed by atoms with van der Waals surface area (Å²) < 4.78 is 6.63. The van der Waals surface area contributed by atoms with E-state index >= 15 is 0 Å². The Labute approximate surface area is 184 Å². The number of nitrogens with zero attached hydrogens (tertiary/aromatic N) is 3. The van der Waals surface area contributed by atoms with Crippen molar-refractivity contribution < 1.29 is 9.53 Å². The van der Waals surface area contributed by atoms with Gasteiger partial charge in [-0.3, -0.25) is 9.69 Å². The van der Waals surface area contributed by atoms with E-state index < -0.39 is 0 Å². The molecule has 0 spiro atoms. The molecule has 0 radical (unpaired) electrons. The average molecular weight is 440 g/mol. The molecule has 7 heteroatoms. The van der Waals surface area contributed by atoms with Crippen molar-refractivity contribution in [3.8, 4) is 5.75 Å². The highest BCUT2D eigenvalue weighted by Gasteiger charge is 2.29. The number of likely N-dealkylation sites (N-methyl/N-ethyl adjacent to an activating group) is 1. The van der Waals surface area contributed by atoms with Crippen molar-refractivity contribution in [2.24, 2.45) is 5.92 Å². The van der Waals surface area contributed by atoms with Crippen LogP contribution in [-0.2, 0) is 4.79 Å². The number of aromatic nitrogens is 1. The summed E-state index contributed by atoms with van der Waals surface area (Å²) in [6.07, 6.45) is 5.59. The molecule has 1 heterocycles. The molecule has 0 N–H and O–H groups in total. The zero-order valence-corrected chi connectivity index (χ0v) is 19.7. The maximum absolute atomic E-state index is 13.4. The number of benzene rings is 1. The molecule has 0 aliphatic heterocycles. The largest absolute Gasteiger partial charge is 0.494 e. The quantitative estimate of drug-likeness (QED) is 0.560. The van der Waals surface area contributed by atoms with Gasteiger partial charge in [-0.05, 0) is 44.5 Å². The standard InChI is InChI=1S/C22H33N3O2S.ClH/c1-5-24(6-2)14-15-25(21(26)17-10-8-7-9-11-17)22-23-19-18(27-4)13-12-16(3)20(19)28-22;/h12-13,17H,5-11,14-15H2,1-4H3;1H. The van der Waals surface area contributed by atoms with Crippen LogP contribution in [0.4, 0.5) is 5.13 Å². The van der Waals surface area contributed by atoms with Crippen LogP contribution < -0.4 is 9.64 Å². The summed E-state index contributed by atoms with van der Waals surface area (Å²) in [5, 5.41) is 0.810. The number of anilines is 1. The fourth-order valence-corrected chi connectivity index (χ4v) is 5.11. The average Bonchev–Trinajstić information content (AvgIpc) is 3.18. The van der Waals surface area contributed by atoms with Gasteiger partial charge in [0.2, 0.25) is 5.91 Å². The second-order valence-electron chi connectivity index (χ2n) is 7.61. The van der Waals surface area contributed by atoms with Crippen molar-refractivity contribution >= 4 is 45.0 Å². The van der Waals surface area contributed by atoms with Gasteiger partial charge in [-0.1, -0.05) is 50.5 Å². The van der Waals surface area contributed by atoms with Crippen molar-refractivity contribution in [3.63, 3.8) is 0 Å². The van der Waals surface area contributed by atoms with Gasteiger partial charge in [-0.2, -0.15) is 0 Å². The molecule has 1 fully saturated rings. The summed E-state index contributed by atoms with van der Waals surface area (Å²) in [5.74, 6) is 1.17. The Morgan fingerprint density at radius 1 is 1.17 bits per heavy atom. The van der Waals surface area contributed by atoms with Crippen molar-refractivity contribution in [2.75, 3.05) is 38.2 Å². The third kappa shape index (κ3) is 5.41. The molecule has 0 bridgehead atoms. The van der Waals surface area contributed by atoms with E-state index in [0.717, 1.165) is 66.4 Å². The van der Waals surface area contributed by atoms with Gasteiger partial charge in [0.15, 0.2) is 5.13 Å². The van der Waals surface area contributed by atoms with Gasteiger partial charge in [-0.15, -0.1) is 12.4 Å². The van der Waals surface area contributed by atoms with Crippen LogP contribution in [0.3, 0.4) is 0 Å². The molecule has 29 heavy (non-hydrogen) atoms. The maximum Gasteiger partial charge on any atom is 0.231 e. The van der Waals surface area contributed by atoms with Gasteiger partial charge in [0.05, 0.1) is 11.8 Å². The Morgan fingerprint density at radius 3 is 2.48 bits per heavy atom. The van der Waals surface area contributed by atoms with E-state index in [1.54, 1.807) is 18.4 Å². The first-order chi connectivity index (χ1) is 13.6. The molecule has 1 aliphatic carbocycles. The van der Waals surface area contributed by atoms with E-state index in [0.29, 0.717) is 6.54 Å². The number of aryl methyl sites for hydroxylation is 1. The van der Waals surface area contributed by atoms with Crippen molar-refractivity contribution in [1.29, 1.82) is 0 Å². The van der Waals surface area contributed by atoms with Gasteiger partial charge < -0.3 is 9.64 Å². The molecular formula is C22H34ClN3O2S. The molecule has 1 aromatic heterocycles. The summed E-state index contributed by atoms with van der Waals surface area (Å²) in [4.78, 5) is 22.6. The molecule has 2 aromatic rings. The SMILES string of the molecule is CCN(CC)CCN(C(=O)C1CCCCC1)c1nc2c(OC)ccc(C)c2s1.Cl. The van der Waals surface area contributed by atoms with E-state index in [2.05, 4.69) is 31.7 Å². The van der Waals surface area contributed by atoms with Crippen LogP contribution in [0, 0.1) is 12.8 Å². The fourth-order valence-electron chi connectivity index (χ4n) is 4.03. The lowest BCUT2D eigenvalue weighted by Gasteiger charge is -2.29. The first-order valence-corrected chi connectivity index (χ1v) is 11.4. The van der Waals surface area contributed by atoms with E-state index in [1.165, 1.54) is 12.0 Å². The second-order valence-corrected chi connectivity index (χ2v) is 8.59. The van der Waals surface area contributed by atoms with Gasteiger partial charge >= 0.3 is 0 Å². The van der Waals surface area contributed by atoms with E-state index in [1.807, 2.05) is 11.0 Å². The number of ether oxygens (including phenoxy) is 1. The highest BCUT2D eigenvalue weighted by atomic mass is 35.5. The Balaban J connectivity index is 0.00000300. The lowest BCUT2D eigenvalue weighted by atomic mass is 9.88. The number of carbonyl (C=O) groups is 1. The smallest absolute Gasteiger partial charge is 0.231 e. The van der Waals surface area contributed by atoms with Crippen LogP contribution >= 0.6 is 23.7 Å². The van der Waals surface area contributed by atoms with Gasteiger partial charge in [0.25, 0.3) is 0 Å². The van der Waals surface area contributed by atoms with Crippen LogP contribution in [0.15, 0.2) is 12.1 Å². The minimum atomic E-state index is 0. The van der Waals surface area contributed by atoms with Crippen LogP contribution in [0.5, 0.6) is 5.75 Å². The molecule has 1 aromatic carbocycles. The van der Waals surface area contributed by atoms with Crippen LogP contribution in [0.2, 0.25) is 0 Å². The Kier molecular flexibility index (Phi) is 9.18. The fraction of sp³-hybridized carbons (Fsp3) is 0.636. The number of carbonyl (C=O) groups excluding carboxylic acids is 1. The minimum Gasteiger partial charge on any atom is -0.494 e. The lowest BCUT2D eigenvalue weighted by Crippen LogP contribution is -2.42. The molecule has 1 aliphatic rings. The van der Waals surface area contributed by atoms with Gasteiger partial charge in [-0.25, -0.2) is 4.98 Å². The molecule has 162 valence electrons. The second kappa shape index (κ2) is 11.1. The highest BCUT2D eigenvalue weighted by molar-refractivity contribution is 7.22. The number of methoxy groups -OCH3 is 1. The molecule has 1 saturated carbocycles. The van der Waals surface area contributed by atoms with Gasteiger partial charge in [0.1, 0.15) is 11.3 Å². The normalized spacial score (nSPS) is 14.8. The molecule has 3 rings (SSSR count). The summed E-state index contributed by atoms with van der Waals surface area (Å²) in [5.41, 5.74) is 2.04. The molecule has 1 amide bonds. The highest BCUT2D eigenvalue weighted by Crippen LogP contribution is 2.37. The van der Waals surface area contributed by atoms with Crippen molar-refractivity contribution in [1.82, 2.24) is 9.88 Å². The Bertz CT molecular complexity index is 801. The summed E-state index contributed by atoms with van der Waals surface area (Å²) in [7, 11) is 1.68. The Morgan fingerprint density at radius 2 is 1.86 bits per heavy atom. The minimum absolute atomic E-state index is 0. The predicted molar refractivity (Wildman–Crippen MR) is 125 cm³/mol. The van der Waals surface area contributed by atoms with Crippen LogP contribution in [0.1, 0.15) is 51.5 Å². The third-order valence-electron chi connectivity index (χ3n) is 5.90. The summed E-state index contributed by atoms with van der Waals surface area (Å²) >= 11 is 1.62. The number of rotatable bonds is 8. The first-order valence-electron chi connectivity index (χ1n) is 10.6. The van der Waals surface area contributed by atoms with Crippen molar-refractivity contribution in [3.05, 3.63) is 17.7 Å². The number of hydrogen-bond donors (Lipinski definition) is 0. The molecule has 5 nitrogen and oxygen atoms in total. The van der Waals surface area contributed by atoms with E-state index in [9.17, 15) is 4.79 Å². The zero-order valence-electron chi connectivity index (χ0n) is 18.1. The summed E-state index contributed by atoms with van der Waals surface area (Å²) in [6.45, 7) is 9.98. The third-order valence-corrected chi connectivity index (χ3v) is 7.11. The monoisotopic (exact) mass is 439 g/mol. The first kappa shape index (κ1) is 23.9. The lowest BCUT2D eigenvalue weighted by molar-refractivity contribution is -0.123. The number of fused-ring (bicyclic) bond motifs is 1. The zero-order chi connectivity index (χ0) is 20.1. The molecule has 0 saturated heterocycles. The topological polar surface area (TPSA) is 45.7 Å². The van der Waals surface area contributed by atoms with Crippen molar-refractivity contribution in [2.45, 2.75) is 52.9 Å². The maximum atomic E-state index is 13.4. The van der Waals surface area contributed by atoms with Crippen LogP contribution in [0.25, 0.3) is 10.2 Å². The van der Waals surface area contributed by atoms with E-state index in [-0.39, 0.29) is 24.2 Å². The summed E-state index contributed by atoms with van der Waals surface area (Å²) in [6, 6.07) is 4.02. The van der Waals surface area contributed by atoms with Gasteiger partial charge in [0, 0.05) is 19.0 Å². The molecule has 0 atom stereocenters. The number of halogens is 1. The number of hydrogen-bond acceptors (Lipinski definition) is 5. The van der Waals surface area contributed by atoms with Crippen LogP contribution in [-0.4, -0.2) is 49.1 Å². The number of thiazole rings is 1. The molecular weight excluding hydrogens is 406 g/mol. The van der Waals surface area contributed by atoms with E-state index in [4.69, 9.17) is 9.72 Å². The number of amides is 1. The predicted octanol–water partition coefficient (Wildman–Crippen LogP) is 5.29. The molecule has 0 unspecified atom stereocenters.